The number of aromatic nitrogens is 3. The van der Waals surface area contributed by atoms with E-state index in [1.807, 2.05) is 24.6 Å². The lowest BCUT2D eigenvalue weighted by molar-refractivity contribution is 0.0932. The standard InChI is InChI=1S/C14H18N4O2/c1-3-20-14-12(5-4-6-16-14)13(19)17-11(2)9-18-8-7-15-10-18/h4-8,10-11H,3,9H2,1-2H3,(H,17,19)/t11-/m0/s1. The van der Waals surface area contributed by atoms with Crippen LogP contribution in [-0.2, 0) is 6.54 Å². The van der Waals surface area contributed by atoms with Gasteiger partial charge in [-0.2, -0.15) is 0 Å². The molecule has 20 heavy (non-hydrogen) atoms. The lowest BCUT2D eigenvalue weighted by Crippen LogP contribution is -2.35. The highest BCUT2D eigenvalue weighted by atomic mass is 16.5. The molecule has 0 fully saturated rings. The molecule has 2 rings (SSSR count). The maximum absolute atomic E-state index is 12.2. The summed E-state index contributed by atoms with van der Waals surface area (Å²) in [5.41, 5.74) is 0.451. The molecule has 0 unspecified atom stereocenters. The van der Waals surface area contributed by atoms with Crippen molar-refractivity contribution in [2.45, 2.75) is 26.4 Å². The summed E-state index contributed by atoms with van der Waals surface area (Å²) in [6, 6.07) is 3.40. The van der Waals surface area contributed by atoms with E-state index >= 15 is 0 Å². The Kier molecular flexibility index (Phi) is 4.70. The van der Waals surface area contributed by atoms with Crippen molar-refractivity contribution in [1.29, 1.82) is 0 Å². The Hall–Kier alpha value is -2.37. The maximum Gasteiger partial charge on any atom is 0.257 e. The van der Waals surface area contributed by atoms with Gasteiger partial charge in [0.15, 0.2) is 0 Å². The second-order valence-electron chi connectivity index (χ2n) is 4.42. The largest absolute Gasteiger partial charge is 0.477 e. The fraction of sp³-hybridized carbons (Fsp3) is 0.357. The average molecular weight is 274 g/mol. The van der Waals surface area contributed by atoms with E-state index in [1.54, 1.807) is 30.9 Å². The molecule has 2 aromatic heterocycles. The summed E-state index contributed by atoms with van der Waals surface area (Å²) in [4.78, 5) is 20.3. The summed E-state index contributed by atoms with van der Waals surface area (Å²) in [7, 11) is 0. The van der Waals surface area contributed by atoms with Gasteiger partial charge in [-0.1, -0.05) is 0 Å². The number of nitrogens with one attached hydrogen (secondary N) is 1. The van der Waals surface area contributed by atoms with Gasteiger partial charge >= 0.3 is 0 Å². The lowest BCUT2D eigenvalue weighted by atomic mass is 10.2. The lowest BCUT2D eigenvalue weighted by Gasteiger charge is -2.15. The van der Waals surface area contributed by atoms with Gasteiger partial charge in [0.2, 0.25) is 5.88 Å². The van der Waals surface area contributed by atoms with Gasteiger partial charge in [0.25, 0.3) is 5.91 Å². The van der Waals surface area contributed by atoms with Crippen molar-refractivity contribution in [2.24, 2.45) is 0 Å². The Morgan fingerprint density at radius 3 is 3.05 bits per heavy atom. The minimum Gasteiger partial charge on any atom is -0.477 e. The molecule has 106 valence electrons. The highest BCUT2D eigenvalue weighted by Crippen LogP contribution is 2.14. The van der Waals surface area contributed by atoms with Crippen molar-refractivity contribution < 1.29 is 9.53 Å². The van der Waals surface area contributed by atoms with Gasteiger partial charge in [-0.15, -0.1) is 0 Å². The first-order chi connectivity index (χ1) is 9.70. The van der Waals surface area contributed by atoms with Crippen molar-refractivity contribution in [1.82, 2.24) is 19.9 Å². The van der Waals surface area contributed by atoms with Crippen LogP contribution in [0.3, 0.4) is 0 Å². The second-order valence-corrected chi connectivity index (χ2v) is 4.42. The zero-order valence-electron chi connectivity index (χ0n) is 11.6. The molecule has 0 spiro atoms. The van der Waals surface area contributed by atoms with Crippen LogP contribution in [0.25, 0.3) is 0 Å². The predicted molar refractivity (Wildman–Crippen MR) is 74.6 cm³/mol. The number of imidazole rings is 1. The molecule has 0 aliphatic rings. The Balaban J connectivity index is 2.00. The number of hydrogen-bond acceptors (Lipinski definition) is 4. The van der Waals surface area contributed by atoms with Gasteiger partial charge in [-0.25, -0.2) is 9.97 Å². The topological polar surface area (TPSA) is 69.0 Å². The van der Waals surface area contributed by atoms with Gasteiger partial charge in [-0.05, 0) is 26.0 Å². The zero-order valence-corrected chi connectivity index (χ0v) is 11.6. The van der Waals surface area contributed by atoms with E-state index in [0.717, 1.165) is 0 Å². The van der Waals surface area contributed by atoms with Crippen LogP contribution in [0.5, 0.6) is 5.88 Å². The molecule has 1 N–H and O–H groups in total. The summed E-state index contributed by atoms with van der Waals surface area (Å²) in [6.45, 7) is 4.94. The number of pyridine rings is 1. The highest BCUT2D eigenvalue weighted by molar-refractivity contribution is 5.96. The third-order valence-electron chi connectivity index (χ3n) is 2.72. The van der Waals surface area contributed by atoms with E-state index < -0.39 is 0 Å². The minimum atomic E-state index is -0.186. The van der Waals surface area contributed by atoms with Crippen LogP contribution in [0.15, 0.2) is 37.1 Å². The Morgan fingerprint density at radius 2 is 2.35 bits per heavy atom. The molecule has 2 aromatic rings. The summed E-state index contributed by atoms with van der Waals surface area (Å²) >= 11 is 0. The Bertz CT molecular complexity index is 554. The molecule has 0 aromatic carbocycles. The minimum absolute atomic E-state index is 0.0219. The number of carbonyl (C=O) groups excluding carboxylic acids is 1. The van der Waals surface area contributed by atoms with Gasteiger partial charge in [0.05, 0.1) is 12.9 Å². The molecular weight excluding hydrogens is 256 g/mol. The van der Waals surface area contributed by atoms with E-state index in [0.29, 0.717) is 24.6 Å². The van der Waals surface area contributed by atoms with E-state index in [9.17, 15) is 4.79 Å². The molecule has 0 aliphatic carbocycles. The fourth-order valence-electron chi connectivity index (χ4n) is 1.87. The van der Waals surface area contributed by atoms with Crippen molar-refractivity contribution in [2.75, 3.05) is 6.61 Å². The van der Waals surface area contributed by atoms with Crippen LogP contribution in [0, 0.1) is 0 Å². The van der Waals surface area contributed by atoms with Gasteiger partial charge in [0.1, 0.15) is 5.56 Å². The first-order valence-corrected chi connectivity index (χ1v) is 6.55. The summed E-state index contributed by atoms with van der Waals surface area (Å²) < 4.78 is 7.27. The first kappa shape index (κ1) is 14.0. The molecular formula is C14H18N4O2. The average Bonchev–Trinajstić information content (AvgIpc) is 2.92. The van der Waals surface area contributed by atoms with Crippen LogP contribution in [0.2, 0.25) is 0 Å². The van der Waals surface area contributed by atoms with Gasteiger partial charge in [0, 0.05) is 31.2 Å². The van der Waals surface area contributed by atoms with Gasteiger partial charge < -0.3 is 14.6 Å². The Labute approximate surface area is 117 Å². The normalized spacial score (nSPS) is 11.9. The van der Waals surface area contributed by atoms with E-state index in [4.69, 9.17) is 4.74 Å². The summed E-state index contributed by atoms with van der Waals surface area (Å²) in [6.07, 6.45) is 6.90. The molecule has 0 saturated heterocycles. The molecule has 0 radical (unpaired) electrons. The second kappa shape index (κ2) is 6.70. The maximum atomic E-state index is 12.2. The third-order valence-corrected chi connectivity index (χ3v) is 2.72. The quantitative estimate of drug-likeness (QED) is 0.866. The number of nitrogens with zero attached hydrogens (tertiary/aromatic N) is 3. The third kappa shape index (κ3) is 3.57. The fourth-order valence-corrected chi connectivity index (χ4v) is 1.87. The highest BCUT2D eigenvalue weighted by Gasteiger charge is 2.15. The molecule has 6 heteroatoms. The van der Waals surface area contributed by atoms with Crippen LogP contribution in [-0.4, -0.2) is 33.1 Å². The number of rotatable bonds is 6. The van der Waals surface area contributed by atoms with Crippen LogP contribution in [0.1, 0.15) is 24.2 Å². The van der Waals surface area contributed by atoms with Crippen molar-refractivity contribution in [3.8, 4) is 5.88 Å². The molecule has 1 atom stereocenters. The molecule has 2 heterocycles. The molecule has 0 saturated carbocycles. The van der Waals surface area contributed by atoms with Crippen molar-refractivity contribution in [3.05, 3.63) is 42.6 Å². The van der Waals surface area contributed by atoms with E-state index in [-0.39, 0.29) is 11.9 Å². The summed E-state index contributed by atoms with van der Waals surface area (Å²) in [5, 5.41) is 2.93. The summed E-state index contributed by atoms with van der Waals surface area (Å²) in [5.74, 6) is 0.177. The number of carbonyl (C=O) groups is 1. The first-order valence-electron chi connectivity index (χ1n) is 6.55. The molecule has 0 bridgehead atoms. The number of amides is 1. The van der Waals surface area contributed by atoms with Crippen molar-refractivity contribution in [3.63, 3.8) is 0 Å². The SMILES string of the molecule is CCOc1ncccc1C(=O)N[C@@H](C)Cn1ccnc1. The van der Waals surface area contributed by atoms with Crippen LogP contribution in [0.4, 0.5) is 0 Å². The molecule has 1 amide bonds. The molecule has 6 nitrogen and oxygen atoms in total. The number of hydrogen-bond donors (Lipinski definition) is 1. The zero-order chi connectivity index (χ0) is 14.4. The molecule has 0 aliphatic heterocycles. The van der Waals surface area contributed by atoms with Gasteiger partial charge in [-0.3, -0.25) is 4.79 Å². The van der Waals surface area contributed by atoms with Crippen molar-refractivity contribution >= 4 is 5.91 Å². The smallest absolute Gasteiger partial charge is 0.257 e. The predicted octanol–water partition coefficient (Wildman–Crippen LogP) is 1.50. The monoisotopic (exact) mass is 274 g/mol. The van der Waals surface area contributed by atoms with E-state index in [1.165, 1.54) is 0 Å². The van der Waals surface area contributed by atoms with Crippen LogP contribution < -0.4 is 10.1 Å². The number of ether oxygens (including phenoxy) is 1. The Morgan fingerprint density at radius 1 is 1.50 bits per heavy atom. The van der Waals surface area contributed by atoms with E-state index in [2.05, 4.69) is 15.3 Å². The van der Waals surface area contributed by atoms with Crippen LogP contribution >= 0.6 is 0 Å².